The van der Waals surface area contributed by atoms with Gasteiger partial charge in [0.05, 0.1) is 18.1 Å². The molecule has 0 aliphatic carbocycles. The number of nitrogens with one attached hydrogen (secondary N) is 2. The second-order valence-electron chi connectivity index (χ2n) is 4.40. The second-order valence-corrected chi connectivity index (χ2v) is 6.62. The number of hydrogen-bond acceptors (Lipinski definition) is 4. The zero-order valence-corrected chi connectivity index (χ0v) is 10.7. The first-order valence-corrected chi connectivity index (χ1v) is 7.66. The number of anilines is 1. The van der Waals surface area contributed by atoms with Gasteiger partial charge in [-0.3, -0.25) is 4.79 Å². The summed E-state index contributed by atoms with van der Waals surface area (Å²) in [4.78, 5) is 11.6. The Hall–Kier alpha value is -1.40. The van der Waals surface area contributed by atoms with Crippen LogP contribution in [-0.4, -0.2) is 38.4 Å². The summed E-state index contributed by atoms with van der Waals surface area (Å²) in [6.07, 6.45) is 0.584. The molecule has 1 aliphatic heterocycles. The van der Waals surface area contributed by atoms with Crippen LogP contribution in [0.25, 0.3) is 0 Å². The zero-order chi connectivity index (χ0) is 13.0. The highest BCUT2D eigenvalue weighted by Gasteiger charge is 2.27. The number of benzene rings is 1. The van der Waals surface area contributed by atoms with Gasteiger partial charge in [0.25, 0.3) is 0 Å². The van der Waals surface area contributed by atoms with Crippen LogP contribution in [-0.2, 0) is 14.6 Å². The van der Waals surface area contributed by atoms with Gasteiger partial charge < -0.3 is 10.6 Å². The zero-order valence-electron chi connectivity index (χ0n) is 9.93. The molecule has 18 heavy (non-hydrogen) atoms. The first-order chi connectivity index (χ1) is 8.55. The van der Waals surface area contributed by atoms with Gasteiger partial charge in [-0.15, -0.1) is 0 Å². The van der Waals surface area contributed by atoms with Crippen molar-refractivity contribution in [3.63, 3.8) is 0 Å². The molecule has 1 aromatic carbocycles. The maximum absolute atomic E-state index is 11.6. The van der Waals surface area contributed by atoms with Crippen molar-refractivity contribution in [2.75, 3.05) is 23.4 Å². The summed E-state index contributed by atoms with van der Waals surface area (Å²) >= 11 is 0. The third kappa shape index (κ3) is 3.82. The van der Waals surface area contributed by atoms with E-state index in [0.717, 1.165) is 5.69 Å². The highest BCUT2D eigenvalue weighted by molar-refractivity contribution is 7.91. The van der Waals surface area contributed by atoms with Crippen LogP contribution in [0, 0.1) is 0 Å². The van der Waals surface area contributed by atoms with Crippen LogP contribution in [0.15, 0.2) is 30.3 Å². The summed E-state index contributed by atoms with van der Waals surface area (Å²) < 4.78 is 22.5. The molecule has 1 heterocycles. The Morgan fingerprint density at radius 1 is 1.28 bits per heavy atom. The minimum atomic E-state index is -2.90. The SMILES string of the molecule is O=C(CN[C@H]1CCS(=O)(=O)C1)Nc1ccccc1. The molecule has 1 aliphatic rings. The molecule has 2 rings (SSSR count). The van der Waals surface area contributed by atoms with Crippen molar-refractivity contribution in [1.82, 2.24) is 5.32 Å². The molecule has 2 N–H and O–H groups in total. The van der Waals surface area contributed by atoms with Crippen molar-refractivity contribution in [2.45, 2.75) is 12.5 Å². The van der Waals surface area contributed by atoms with Crippen molar-refractivity contribution in [3.8, 4) is 0 Å². The molecule has 0 saturated carbocycles. The van der Waals surface area contributed by atoms with E-state index < -0.39 is 9.84 Å². The fourth-order valence-corrected chi connectivity index (χ4v) is 3.63. The quantitative estimate of drug-likeness (QED) is 0.829. The van der Waals surface area contributed by atoms with Crippen LogP contribution < -0.4 is 10.6 Å². The molecule has 1 atom stereocenters. The van der Waals surface area contributed by atoms with Crippen molar-refractivity contribution in [3.05, 3.63) is 30.3 Å². The highest BCUT2D eigenvalue weighted by atomic mass is 32.2. The summed E-state index contributed by atoms with van der Waals surface area (Å²) in [5.74, 6) is 0.182. The molecule has 6 heteroatoms. The normalized spacial score (nSPS) is 21.7. The summed E-state index contributed by atoms with van der Waals surface area (Å²) in [6.45, 7) is 0.134. The van der Waals surface area contributed by atoms with Crippen LogP contribution in [0.1, 0.15) is 6.42 Å². The van der Waals surface area contributed by atoms with Gasteiger partial charge in [-0.25, -0.2) is 8.42 Å². The van der Waals surface area contributed by atoms with E-state index in [1.807, 2.05) is 18.2 Å². The minimum absolute atomic E-state index is 0.100. The Balaban J connectivity index is 1.76. The van der Waals surface area contributed by atoms with Gasteiger partial charge in [-0.05, 0) is 18.6 Å². The molecule has 1 aromatic rings. The number of rotatable bonds is 4. The average molecular weight is 268 g/mol. The predicted octanol–water partition coefficient (Wildman–Crippen LogP) is 0.402. The largest absolute Gasteiger partial charge is 0.325 e. The molecule has 0 aromatic heterocycles. The van der Waals surface area contributed by atoms with Gasteiger partial charge in [-0.1, -0.05) is 18.2 Å². The van der Waals surface area contributed by atoms with Crippen LogP contribution in [0.2, 0.25) is 0 Å². The molecule has 98 valence electrons. The lowest BCUT2D eigenvalue weighted by Gasteiger charge is -2.10. The fourth-order valence-electron chi connectivity index (χ4n) is 1.92. The Morgan fingerprint density at radius 2 is 2.00 bits per heavy atom. The standard InChI is InChI=1S/C12H16N2O3S/c15-12(14-10-4-2-1-3-5-10)8-13-11-6-7-18(16,17)9-11/h1-5,11,13H,6-9H2,(H,14,15)/t11-/m0/s1. The van der Waals surface area contributed by atoms with Crippen LogP contribution in [0.3, 0.4) is 0 Å². The molecule has 1 saturated heterocycles. The molecular weight excluding hydrogens is 252 g/mol. The van der Waals surface area contributed by atoms with Gasteiger partial charge in [0.2, 0.25) is 5.91 Å². The van der Waals surface area contributed by atoms with Gasteiger partial charge in [-0.2, -0.15) is 0 Å². The van der Waals surface area contributed by atoms with E-state index in [0.29, 0.717) is 6.42 Å². The predicted molar refractivity (Wildman–Crippen MR) is 70.1 cm³/mol. The molecular formula is C12H16N2O3S. The fraction of sp³-hybridized carbons (Fsp3) is 0.417. The topological polar surface area (TPSA) is 75.3 Å². The smallest absolute Gasteiger partial charge is 0.238 e. The van der Waals surface area contributed by atoms with Gasteiger partial charge in [0.1, 0.15) is 0 Å². The van der Waals surface area contributed by atoms with Gasteiger partial charge in [0, 0.05) is 11.7 Å². The van der Waals surface area contributed by atoms with E-state index in [2.05, 4.69) is 10.6 Å². The Kier molecular flexibility index (Phi) is 3.98. The number of carbonyl (C=O) groups excluding carboxylic acids is 1. The summed E-state index contributed by atoms with van der Waals surface area (Å²) in [6, 6.07) is 9.06. The van der Waals surface area contributed by atoms with E-state index in [1.165, 1.54) is 0 Å². The lowest BCUT2D eigenvalue weighted by atomic mass is 10.2. The number of hydrogen-bond donors (Lipinski definition) is 2. The molecule has 1 fully saturated rings. The summed E-state index contributed by atoms with van der Waals surface area (Å²) in [5, 5.41) is 5.70. The second kappa shape index (κ2) is 5.49. The van der Waals surface area contributed by atoms with E-state index >= 15 is 0 Å². The van der Waals surface area contributed by atoms with Crippen molar-refractivity contribution < 1.29 is 13.2 Å². The monoisotopic (exact) mass is 268 g/mol. The van der Waals surface area contributed by atoms with Crippen molar-refractivity contribution >= 4 is 21.4 Å². The van der Waals surface area contributed by atoms with Crippen LogP contribution >= 0.6 is 0 Å². The molecule has 5 nitrogen and oxygen atoms in total. The molecule has 0 spiro atoms. The van der Waals surface area contributed by atoms with E-state index in [9.17, 15) is 13.2 Å². The Labute approximate surface area is 107 Å². The van der Waals surface area contributed by atoms with Crippen LogP contribution in [0.5, 0.6) is 0 Å². The number of carbonyl (C=O) groups is 1. The van der Waals surface area contributed by atoms with Gasteiger partial charge >= 0.3 is 0 Å². The summed E-state index contributed by atoms with van der Waals surface area (Å²) in [7, 11) is -2.90. The average Bonchev–Trinajstić information content (AvgIpc) is 2.68. The van der Waals surface area contributed by atoms with E-state index in [-0.39, 0.29) is 30.0 Å². The number of sulfone groups is 1. The Bertz CT molecular complexity index is 513. The van der Waals surface area contributed by atoms with Crippen LogP contribution in [0.4, 0.5) is 5.69 Å². The number of para-hydroxylation sites is 1. The number of amides is 1. The summed E-state index contributed by atoms with van der Waals surface area (Å²) in [5.41, 5.74) is 0.739. The molecule has 0 unspecified atom stereocenters. The molecule has 1 amide bonds. The first kappa shape index (κ1) is 13.0. The molecule has 0 radical (unpaired) electrons. The van der Waals surface area contributed by atoms with E-state index in [1.54, 1.807) is 12.1 Å². The third-order valence-electron chi connectivity index (χ3n) is 2.84. The maximum atomic E-state index is 11.6. The van der Waals surface area contributed by atoms with Crippen molar-refractivity contribution in [2.24, 2.45) is 0 Å². The maximum Gasteiger partial charge on any atom is 0.238 e. The lowest BCUT2D eigenvalue weighted by Crippen LogP contribution is -2.36. The molecule has 0 bridgehead atoms. The van der Waals surface area contributed by atoms with Crippen molar-refractivity contribution in [1.29, 1.82) is 0 Å². The van der Waals surface area contributed by atoms with Gasteiger partial charge in [0.15, 0.2) is 9.84 Å². The third-order valence-corrected chi connectivity index (χ3v) is 4.61. The lowest BCUT2D eigenvalue weighted by molar-refractivity contribution is -0.115. The Morgan fingerprint density at radius 3 is 2.61 bits per heavy atom. The first-order valence-electron chi connectivity index (χ1n) is 5.84. The minimum Gasteiger partial charge on any atom is -0.325 e. The van der Waals surface area contributed by atoms with E-state index in [4.69, 9.17) is 0 Å². The highest BCUT2D eigenvalue weighted by Crippen LogP contribution is 2.11.